The summed E-state index contributed by atoms with van der Waals surface area (Å²) in [5.41, 5.74) is 11.0. The van der Waals surface area contributed by atoms with E-state index >= 15 is 0 Å². The van der Waals surface area contributed by atoms with Crippen molar-refractivity contribution >= 4 is 0 Å². The molecule has 0 saturated heterocycles. The molecule has 0 radical (unpaired) electrons. The van der Waals surface area contributed by atoms with E-state index in [1.165, 1.54) is 35.2 Å². The second kappa shape index (κ2) is 4.91. The summed E-state index contributed by atoms with van der Waals surface area (Å²) < 4.78 is 0. The van der Waals surface area contributed by atoms with Gasteiger partial charge in [-0.2, -0.15) is 0 Å². The topological polar surface area (TPSA) is 38.9 Å². The average Bonchev–Trinajstić information content (AvgIpc) is 2.47. The smallest absolute Gasteiger partial charge is 0.0510 e. The number of hydrogen-bond donors (Lipinski definition) is 1. The molecule has 0 amide bonds. The molecular formula is C16H18N2. The molecule has 0 aliphatic heterocycles. The van der Waals surface area contributed by atoms with Crippen molar-refractivity contribution in [2.45, 2.75) is 31.7 Å². The molecule has 3 rings (SSSR count). The van der Waals surface area contributed by atoms with Gasteiger partial charge in [0.25, 0.3) is 0 Å². The van der Waals surface area contributed by atoms with E-state index < -0.39 is 0 Å². The van der Waals surface area contributed by atoms with Crippen LogP contribution in [0.5, 0.6) is 0 Å². The van der Waals surface area contributed by atoms with Crippen molar-refractivity contribution in [2.75, 3.05) is 0 Å². The predicted octanol–water partition coefficient (Wildman–Crippen LogP) is 3.01. The van der Waals surface area contributed by atoms with Gasteiger partial charge >= 0.3 is 0 Å². The Kier molecular flexibility index (Phi) is 3.11. The van der Waals surface area contributed by atoms with Crippen LogP contribution in [0.3, 0.4) is 0 Å². The molecule has 0 fully saturated rings. The number of aryl methyl sites for hydroxylation is 1. The van der Waals surface area contributed by atoms with Gasteiger partial charge in [0.1, 0.15) is 0 Å². The maximum Gasteiger partial charge on any atom is 0.0510 e. The minimum absolute atomic E-state index is 0.446. The molecule has 0 saturated carbocycles. The largest absolute Gasteiger partial charge is 0.326 e. The van der Waals surface area contributed by atoms with Gasteiger partial charge in [-0.05, 0) is 42.0 Å². The van der Waals surface area contributed by atoms with E-state index in [1.807, 2.05) is 12.3 Å². The van der Waals surface area contributed by atoms with Gasteiger partial charge in [-0.1, -0.05) is 30.3 Å². The molecule has 1 aliphatic rings. The highest BCUT2D eigenvalue weighted by atomic mass is 14.7. The third kappa shape index (κ3) is 2.04. The fourth-order valence-electron chi connectivity index (χ4n) is 2.87. The van der Waals surface area contributed by atoms with E-state index in [-0.39, 0.29) is 0 Å². The van der Waals surface area contributed by atoms with E-state index in [9.17, 15) is 0 Å². The van der Waals surface area contributed by atoms with Crippen molar-refractivity contribution < 1.29 is 0 Å². The van der Waals surface area contributed by atoms with Crippen LogP contribution >= 0.6 is 0 Å². The summed E-state index contributed by atoms with van der Waals surface area (Å²) in [7, 11) is 0. The third-order valence-electron chi connectivity index (χ3n) is 3.78. The van der Waals surface area contributed by atoms with E-state index in [4.69, 9.17) is 5.73 Å². The first-order valence-electron chi connectivity index (χ1n) is 6.61. The summed E-state index contributed by atoms with van der Waals surface area (Å²) in [6.07, 6.45) is 5.51. The van der Waals surface area contributed by atoms with Crippen molar-refractivity contribution in [3.8, 4) is 0 Å². The van der Waals surface area contributed by atoms with Crippen molar-refractivity contribution in [3.05, 3.63) is 65.0 Å². The molecule has 2 aromatic rings. The highest BCUT2D eigenvalue weighted by Gasteiger charge is 2.22. The van der Waals surface area contributed by atoms with E-state index in [0.29, 0.717) is 12.5 Å². The normalized spacial score (nSPS) is 18.4. The van der Waals surface area contributed by atoms with Crippen LogP contribution in [-0.2, 0) is 13.0 Å². The molecule has 18 heavy (non-hydrogen) atoms. The van der Waals surface area contributed by atoms with Crippen LogP contribution in [-0.4, -0.2) is 4.98 Å². The molecule has 2 heteroatoms. The van der Waals surface area contributed by atoms with Crippen molar-refractivity contribution in [2.24, 2.45) is 5.73 Å². The number of hydrogen-bond acceptors (Lipinski definition) is 2. The first kappa shape index (κ1) is 11.4. The zero-order valence-corrected chi connectivity index (χ0v) is 10.5. The van der Waals surface area contributed by atoms with Crippen LogP contribution in [0.2, 0.25) is 0 Å². The van der Waals surface area contributed by atoms with Crippen LogP contribution in [0.15, 0.2) is 42.6 Å². The van der Waals surface area contributed by atoms with Crippen molar-refractivity contribution in [1.82, 2.24) is 4.98 Å². The standard InChI is InChI=1S/C16H18N2/c17-11-12-4-1-6-14(10-12)15-8-2-5-13-7-3-9-18-16(13)15/h1,3-4,6-7,9-10,15H,2,5,8,11,17H2. The highest BCUT2D eigenvalue weighted by molar-refractivity contribution is 5.37. The Balaban J connectivity index is 2.02. The number of aromatic nitrogens is 1. The molecule has 0 bridgehead atoms. The monoisotopic (exact) mass is 238 g/mol. The molecule has 2 N–H and O–H groups in total. The van der Waals surface area contributed by atoms with Crippen LogP contribution in [0, 0.1) is 0 Å². The van der Waals surface area contributed by atoms with Crippen LogP contribution < -0.4 is 5.73 Å². The van der Waals surface area contributed by atoms with Gasteiger partial charge in [0.2, 0.25) is 0 Å². The summed E-state index contributed by atoms with van der Waals surface area (Å²) in [6.45, 7) is 0.607. The van der Waals surface area contributed by atoms with Gasteiger partial charge in [0.05, 0.1) is 5.69 Å². The summed E-state index contributed by atoms with van der Waals surface area (Å²) in [5, 5.41) is 0. The Morgan fingerprint density at radius 2 is 2.17 bits per heavy atom. The van der Waals surface area contributed by atoms with Gasteiger partial charge in [-0.15, -0.1) is 0 Å². The fourth-order valence-corrected chi connectivity index (χ4v) is 2.87. The number of pyridine rings is 1. The average molecular weight is 238 g/mol. The molecule has 2 nitrogen and oxygen atoms in total. The molecular weight excluding hydrogens is 220 g/mol. The van der Waals surface area contributed by atoms with E-state index in [0.717, 1.165) is 6.42 Å². The van der Waals surface area contributed by atoms with Gasteiger partial charge < -0.3 is 5.73 Å². The third-order valence-corrected chi connectivity index (χ3v) is 3.78. The van der Waals surface area contributed by atoms with Gasteiger partial charge in [0.15, 0.2) is 0 Å². The first-order valence-corrected chi connectivity index (χ1v) is 6.61. The molecule has 1 aromatic carbocycles. The summed E-state index contributed by atoms with van der Waals surface area (Å²) in [5.74, 6) is 0.446. The molecule has 0 spiro atoms. The highest BCUT2D eigenvalue weighted by Crippen LogP contribution is 2.35. The fraction of sp³-hybridized carbons (Fsp3) is 0.312. The van der Waals surface area contributed by atoms with Gasteiger partial charge in [-0.3, -0.25) is 4.98 Å². The maximum atomic E-state index is 5.73. The summed E-state index contributed by atoms with van der Waals surface area (Å²) in [6, 6.07) is 12.9. The molecule has 92 valence electrons. The Labute approximate surface area is 108 Å². The number of nitrogens with zero attached hydrogens (tertiary/aromatic N) is 1. The van der Waals surface area contributed by atoms with Crippen LogP contribution in [0.25, 0.3) is 0 Å². The number of rotatable bonds is 2. The number of nitrogens with two attached hydrogens (primary N) is 1. The molecule has 1 atom stereocenters. The predicted molar refractivity (Wildman–Crippen MR) is 73.4 cm³/mol. The summed E-state index contributed by atoms with van der Waals surface area (Å²) >= 11 is 0. The van der Waals surface area contributed by atoms with Crippen molar-refractivity contribution in [3.63, 3.8) is 0 Å². The SMILES string of the molecule is NCc1cccc(C2CCCc3cccnc32)c1. The quantitative estimate of drug-likeness (QED) is 0.873. The lowest BCUT2D eigenvalue weighted by Crippen LogP contribution is -2.13. The van der Waals surface area contributed by atoms with Gasteiger partial charge in [0, 0.05) is 18.7 Å². The lowest BCUT2D eigenvalue weighted by atomic mass is 9.82. The lowest BCUT2D eigenvalue weighted by Gasteiger charge is -2.24. The van der Waals surface area contributed by atoms with Crippen LogP contribution in [0.4, 0.5) is 0 Å². The van der Waals surface area contributed by atoms with Crippen LogP contribution in [0.1, 0.15) is 41.1 Å². The molecule has 1 heterocycles. The van der Waals surface area contributed by atoms with E-state index in [2.05, 4.69) is 35.3 Å². The zero-order valence-electron chi connectivity index (χ0n) is 10.5. The maximum absolute atomic E-state index is 5.73. The minimum atomic E-state index is 0.446. The minimum Gasteiger partial charge on any atom is -0.326 e. The second-order valence-corrected chi connectivity index (χ2v) is 4.94. The Morgan fingerprint density at radius 1 is 1.22 bits per heavy atom. The second-order valence-electron chi connectivity index (χ2n) is 4.94. The summed E-state index contributed by atoms with van der Waals surface area (Å²) in [4.78, 5) is 4.60. The van der Waals surface area contributed by atoms with Crippen molar-refractivity contribution in [1.29, 1.82) is 0 Å². The Morgan fingerprint density at radius 3 is 3.06 bits per heavy atom. The number of fused-ring (bicyclic) bond motifs is 1. The van der Waals surface area contributed by atoms with E-state index in [1.54, 1.807) is 0 Å². The lowest BCUT2D eigenvalue weighted by molar-refractivity contribution is 0.598. The molecule has 1 aliphatic carbocycles. The first-order chi connectivity index (χ1) is 8.88. The van der Waals surface area contributed by atoms with Gasteiger partial charge in [-0.25, -0.2) is 0 Å². The Hall–Kier alpha value is -1.67. The Bertz CT molecular complexity index is 548. The number of benzene rings is 1. The zero-order chi connectivity index (χ0) is 12.4. The molecule has 1 aromatic heterocycles. The molecule has 1 unspecified atom stereocenters.